The average molecular weight is 427 g/mol. The van der Waals surface area contributed by atoms with E-state index in [0.29, 0.717) is 24.2 Å². The molecule has 0 radical (unpaired) electrons. The molecule has 1 saturated carbocycles. The molecule has 1 aromatic carbocycles. The van der Waals surface area contributed by atoms with Gasteiger partial charge in [-0.3, -0.25) is 0 Å². The van der Waals surface area contributed by atoms with Gasteiger partial charge in [0.15, 0.2) is 0 Å². The quantitative estimate of drug-likeness (QED) is 0.792. The second-order valence-corrected chi connectivity index (χ2v) is 9.19. The zero-order valence-electron chi connectivity index (χ0n) is 15.8. The summed E-state index contributed by atoms with van der Waals surface area (Å²) in [6.45, 7) is 0. The minimum atomic E-state index is -4.61. The highest BCUT2D eigenvalue weighted by Crippen LogP contribution is 2.37. The van der Waals surface area contributed by atoms with Gasteiger partial charge in [0.25, 0.3) is 0 Å². The first-order chi connectivity index (χ1) is 13.5. The lowest BCUT2D eigenvalue weighted by molar-refractivity contribution is -0.137. The molecule has 0 amide bonds. The summed E-state index contributed by atoms with van der Waals surface area (Å²) in [5.74, 6) is 0.00609. The van der Waals surface area contributed by atoms with Crippen LogP contribution in [0.5, 0.6) is 0 Å². The predicted molar refractivity (Wildman–Crippen MR) is 100 cm³/mol. The molecule has 1 aliphatic carbocycles. The molecule has 1 aliphatic rings. The van der Waals surface area contributed by atoms with Gasteiger partial charge in [-0.05, 0) is 37.5 Å². The van der Waals surface area contributed by atoms with Crippen molar-refractivity contribution in [3.05, 3.63) is 47.5 Å². The molecule has 0 aliphatic heterocycles. The third kappa shape index (κ3) is 4.38. The summed E-state index contributed by atoms with van der Waals surface area (Å²) < 4.78 is 65.8. The van der Waals surface area contributed by atoms with Crippen molar-refractivity contribution in [3.63, 3.8) is 0 Å². The molecule has 156 valence electrons. The van der Waals surface area contributed by atoms with Crippen LogP contribution in [-0.2, 0) is 16.4 Å². The van der Waals surface area contributed by atoms with Gasteiger partial charge < -0.3 is 5.32 Å². The molecule has 29 heavy (non-hydrogen) atoms. The lowest BCUT2D eigenvalue weighted by Gasteiger charge is -2.17. The van der Waals surface area contributed by atoms with Gasteiger partial charge in [-0.1, -0.05) is 0 Å². The van der Waals surface area contributed by atoms with Crippen LogP contribution in [0.25, 0.3) is 0 Å². The summed E-state index contributed by atoms with van der Waals surface area (Å²) in [6, 6.07) is 5.05. The van der Waals surface area contributed by atoms with Crippen LogP contribution in [0.3, 0.4) is 0 Å². The standard InChI is InChI=1S/C18H20F3N5O2S/c1-25(2)29(27,28)26-10-17(23-11-26)12-3-5-14(7-12)24-15-6-4-13(9-22)16(8-15)18(19,20)21/h4,6,8,10-12,14,24H,3,5,7H2,1-2H3. The molecule has 7 nitrogen and oxygen atoms in total. The van der Waals surface area contributed by atoms with E-state index < -0.39 is 27.5 Å². The van der Waals surface area contributed by atoms with E-state index in [1.165, 1.54) is 32.7 Å². The van der Waals surface area contributed by atoms with Gasteiger partial charge in [0.1, 0.15) is 6.33 Å². The van der Waals surface area contributed by atoms with Gasteiger partial charge in [-0.2, -0.15) is 31.2 Å². The van der Waals surface area contributed by atoms with Crippen molar-refractivity contribution in [3.8, 4) is 6.07 Å². The average Bonchev–Trinajstić information content (AvgIpc) is 3.30. The molecule has 0 spiro atoms. The molecule has 1 N–H and O–H groups in total. The molecule has 1 heterocycles. The van der Waals surface area contributed by atoms with Crippen LogP contribution >= 0.6 is 0 Å². The third-order valence-electron chi connectivity index (χ3n) is 4.98. The lowest BCUT2D eigenvalue weighted by atomic mass is 10.0. The number of halogens is 3. The summed E-state index contributed by atoms with van der Waals surface area (Å²) >= 11 is 0. The molecule has 2 aromatic rings. The Hall–Kier alpha value is -2.58. The van der Waals surface area contributed by atoms with Crippen LogP contribution in [0, 0.1) is 11.3 Å². The van der Waals surface area contributed by atoms with E-state index in [2.05, 4.69) is 10.3 Å². The second-order valence-electron chi connectivity index (χ2n) is 7.14. The normalized spacial score (nSPS) is 20.0. The van der Waals surface area contributed by atoms with E-state index in [4.69, 9.17) is 5.26 Å². The number of hydrogen-bond donors (Lipinski definition) is 1. The van der Waals surface area contributed by atoms with Crippen LogP contribution in [0.2, 0.25) is 0 Å². The smallest absolute Gasteiger partial charge is 0.382 e. The van der Waals surface area contributed by atoms with Gasteiger partial charge in [0.2, 0.25) is 0 Å². The molecular weight excluding hydrogens is 407 g/mol. The summed E-state index contributed by atoms with van der Waals surface area (Å²) in [4.78, 5) is 4.20. The van der Waals surface area contributed by atoms with Crippen LogP contribution in [0.4, 0.5) is 18.9 Å². The Morgan fingerprint density at radius 2 is 2.03 bits per heavy atom. The molecule has 1 aromatic heterocycles. The molecule has 3 rings (SSSR count). The maximum atomic E-state index is 13.1. The highest BCUT2D eigenvalue weighted by Gasteiger charge is 2.34. The minimum absolute atomic E-state index is 0.00609. The fraction of sp³-hybridized carbons (Fsp3) is 0.444. The Morgan fingerprint density at radius 3 is 2.66 bits per heavy atom. The second kappa shape index (κ2) is 7.68. The van der Waals surface area contributed by atoms with Crippen LogP contribution < -0.4 is 5.32 Å². The fourth-order valence-electron chi connectivity index (χ4n) is 3.43. The van der Waals surface area contributed by atoms with E-state index in [1.807, 2.05) is 0 Å². The monoisotopic (exact) mass is 427 g/mol. The highest BCUT2D eigenvalue weighted by atomic mass is 32.2. The van der Waals surface area contributed by atoms with Gasteiger partial charge in [-0.15, -0.1) is 0 Å². The van der Waals surface area contributed by atoms with Crippen LogP contribution in [0.15, 0.2) is 30.7 Å². The molecule has 0 saturated heterocycles. The number of aromatic nitrogens is 2. The van der Waals surface area contributed by atoms with Gasteiger partial charge in [0.05, 0.1) is 22.9 Å². The van der Waals surface area contributed by atoms with E-state index in [1.54, 1.807) is 6.07 Å². The number of nitriles is 1. The fourth-order valence-corrected chi connectivity index (χ4v) is 4.21. The Bertz CT molecular complexity index is 1040. The number of rotatable bonds is 5. The van der Waals surface area contributed by atoms with Gasteiger partial charge in [0, 0.05) is 37.9 Å². The van der Waals surface area contributed by atoms with Crippen molar-refractivity contribution in [2.75, 3.05) is 19.4 Å². The Morgan fingerprint density at radius 1 is 1.31 bits per heavy atom. The van der Waals surface area contributed by atoms with Crippen molar-refractivity contribution in [1.29, 1.82) is 5.26 Å². The first kappa shape index (κ1) is 21.1. The van der Waals surface area contributed by atoms with E-state index >= 15 is 0 Å². The molecule has 11 heteroatoms. The molecular formula is C18H20F3N5O2S. The van der Waals surface area contributed by atoms with Crippen molar-refractivity contribution in [1.82, 2.24) is 13.3 Å². The lowest BCUT2D eigenvalue weighted by Crippen LogP contribution is -2.27. The first-order valence-corrected chi connectivity index (χ1v) is 10.3. The number of alkyl halides is 3. The zero-order valence-corrected chi connectivity index (χ0v) is 16.6. The van der Waals surface area contributed by atoms with Crippen LogP contribution in [-0.4, -0.2) is 41.8 Å². The Balaban J connectivity index is 1.72. The molecule has 0 bridgehead atoms. The molecule has 2 atom stereocenters. The molecule has 2 unspecified atom stereocenters. The summed E-state index contributed by atoms with van der Waals surface area (Å²) in [7, 11) is -0.778. The van der Waals surface area contributed by atoms with E-state index in [9.17, 15) is 21.6 Å². The summed E-state index contributed by atoms with van der Waals surface area (Å²) in [5, 5.41) is 12.0. The van der Waals surface area contributed by atoms with E-state index in [0.717, 1.165) is 26.8 Å². The highest BCUT2D eigenvalue weighted by molar-refractivity contribution is 7.87. The van der Waals surface area contributed by atoms with Gasteiger partial charge in [-0.25, -0.2) is 8.96 Å². The van der Waals surface area contributed by atoms with Crippen molar-refractivity contribution in [2.45, 2.75) is 37.4 Å². The number of imidazole rings is 1. The van der Waals surface area contributed by atoms with Crippen LogP contribution in [0.1, 0.15) is 42.0 Å². The number of anilines is 1. The zero-order chi connectivity index (χ0) is 21.4. The maximum absolute atomic E-state index is 13.1. The first-order valence-electron chi connectivity index (χ1n) is 8.87. The van der Waals surface area contributed by atoms with Crippen molar-refractivity contribution in [2.24, 2.45) is 0 Å². The SMILES string of the molecule is CN(C)S(=O)(=O)n1cnc(C2CCC(Nc3ccc(C#N)c(C(F)(F)F)c3)C2)c1. The number of hydrogen-bond acceptors (Lipinski definition) is 5. The number of nitrogens with zero attached hydrogens (tertiary/aromatic N) is 4. The summed E-state index contributed by atoms with van der Waals surface area (Å²) in [6.07, 6.45) is 0.179. The minimum Gasteiger partial charge on any atom is -0.382 e. The summed E-state index contributed by atoms with van der Waals surface area (Å²) in [5.41, 5.74) is -0.453. The Kier molecular flexibility index (Phi) is 5.60. The molecule has 1 fully saturated rings. The third-order valence-corrected chi connectivity index (χ3v) is 6.63. The number of benzene rings is 1. The van der Waals surface area contributed by atoms with Crippen molar-refractivity contribution >= 4 is 15.9 Å². The van der Waals surface area contributed by atoms with Gasteiger partial charge >= 0.3 is 16.4 Å². The topological polar surface area (TPSA) is 91.0 Å². The number of nitrogens with one attached hydrogen (secondary N) is 1. The Labute approximate surface area is 167 Å². The predicted octanol–water partition coefficient (Wildman–Crippen LogP) is 3.18. The van der Waals surface area contributed by atoms with Crippen molar-refractivity contribution < 1.29 is 21.6 Å². The van der Waals surface area contributed by atoms with E-state index in [-0.39, 0.29) is 12.0 Å². The largest absolute Gasteiger partial charge is 0.417 e. The maximum Gasteiger partial charge on any atom is 0.417 e.